The van der Waals surface area contributed by atoms with Crippen LogP contribution in [-0.2, 0) is 11.3 Å². The summed E-state index contributed by atoms with van der Waals surface area (Å²) in [7, 11) is 1.23. The summed E-state index contributed by atoms with van der Waals surface area (Å²) < 4.78 is 53.3. The van der Waals surface area contributed by atoms with Gasteiger partial charge in [-0.15, -0.1) is 13.2 Å². The van der Waals surface area contributed by atoms with Crippen molar-refractivity contribution in [3.05, 3.63) is 83.7 Å². The Hall–Kier alpha value is -4.61. The topological polar surface area (TPSA) is 102 Å². The molecule has 2 aromatic carbocycles. The first kappa shape index (κ1) is 26.5. The van der Waals surface area contributed by atoms with Crippen LogP contribution >= 0.6 is 0 Å². The van der Waals surface area contributed by atoms with E-state index in [1.807, 2.05) is 0 Å². The molecular formula is C26H23F3N4O5. The number of hydrogen-bond donors (Lipinski definition) is 1. The maximum absolute atomic E-state index is 12.9. The van der Waals surface area contributed by atoms with E-state index in [9.17, 15) is 22.8 Å². The molecule has 1 unspecified atom stereocenters. The molecule has 2 heterocycles. The molecule has 1 atom stereocenters. The third-order valence-corrected chi connectivity index (χ3v) is 5.53. The van der Waals surface area contributed by atoms with Gasteiger partial charge < -0.3 is 19.5 Å². The maximum atomic E-state index is 12.9. The van der Waals surface area contributed by atoms with Gasteiger partial charge in [-0.05, 0) is 54.4 Å². The van der Waals surface area contributed by atoms with E-state index in [2.05, 4.69) is 20.1 Å². The molecule has 4 rings (SSSR count). The first-order chi connectivity index (χ1) is 18.2. The molecule has 198 valence electrons. The van der Waals surface area contributed by atoms with Crippen LogP contribution in [0.3, 0.4) is 0 Å². The van der Waals surface area contributed by atoms with Crippen LogP contribution in [0.4, 0.5) is 23.7 Å². The molecule has 1 aliphatic rings. The van der Waals surface area contributed by atoms with Gasteiger partial charge in [0.2, 0.25) is 0 Å². The molecule has 0 saturated carbocycles. The molecule has 1 N–H and O–H groups in total. The zero-order valence-corrected chi connectivity index (χ0v) is 20.4. The zero-order chi connectivity index (χ0) is 27.3. The number of hydrazone groups is 1. The number of nitrogens with zero attached hydrogens (tertiary/aromatic N) is 3. The molecule has 38 heavy (non-hydrogen) atoms. The molecule has 9 nitrogen and oxygen atoms in total. The van der Waals surface area contributed by atoms with Crippen molar-refractivity contribution >= 4 is 23.4 Å². The molecule has 0 fully saturated rings. The van der Waals surface area contributed by atoms with E-state index in [1.165, 1.54) is 31.6 Å². The van der Waals surface area contributed by atoms with Gasteiger partial charge in [0, 0.05) is 29.2 Å². The third-order valence-electron chi connectivity index (χ3n) is 5.53. The number of anilines is 1. The maximum Gasteiger partial charge on any atom is 0.573 e. The third kappa shape index (κ3) is 6.38. The lowest BCUT2D eigenvalue weighted by atomic mass is 10.0. The fourth-order valence-corrected chi connectivity index (χ4v) is 3.71. The lowest BCUT2D eigenvalue weighted by Crippen LogP contribution is -2.41. The normalized spacial score (nSPS) is 15.4. The highest BCUT2D eigenvalue weighted by Crippen LogP contribution is 2.34. The van der Waals surface area contributed by atoms with Crippen molar-refractivity contribution in [3.8, 4) is 11.5 Å². The number of aromatic nitrogens is 1. The van der Waals surface area contributed by atoms with Crippen LogP contribution in [0, 0.1) is 0 Å². The predicted molar refractivity (Wildman–Crippen MR) is 131 cm³/mol. The van der Waals surface area contributed by atoms with Gasteiger partial charge in [-0.25, -0.2) is 4.79 Å². The summed E-state index contributed by atoms with van der Waals surface area (Å²) in [5.74, 6) is -0.948. The Morgan fingerprint density at radius 2 is 1.79 bits per heavy atom. The Morgan fingerprint density at radius 3 is 2.42 bits per heavy atom. The van der Waals surface area contributed by atoms with E-state index < -0.39 is 24.3 Å². The van der Waals surface area contributed by atoms with Crippen molar-refractivity contribution in [3.63, 3.8) is 0 Å². The van der Waals surface area contributed by atoms with Gasteiger partial charge >= 0.3 is 12.5 Å². The first-order valence-electron chi connectivity index (χ1n) is 11.5. The van der Waals surface area contributed by atoms with E-state index in [0.717, 1.165) is 11.1 Å². The number of benzene rings is 2. The Bertz CT molecular complexity index is 1330. The van der Waals surface area contributed by atoms with Crippen molar-refractivity contribution in [2.24, 2.45) is 5.10 Å². The summed E-state index contributed by atoms with van der Waals surface area (Å²) in [6, 6.07) is 13.9. The summed E-state index contributed by atoms with van der Waals surface area (Å²) in [4.78, 5) is 28.8. The van der Waals surface area contributed by atoms with E-state index in [1.54, 1.807) is 43.3 Å². The smallest absolute Gasteiger partial charge is 0.493 e. The lowest BCUT2D eigenvalue weighted by Gasteiger charge is -2.29. The van der Waals surface area contributed by atoms with Gasteiger partial charge in [0.05, 0.1) is 13.7 Å². The second-order valence-corrected chi connectivity index (χ2v) is 8.12. The van der Waals surface area contributed by atoms with Gasteiger partial charge in [-0.1, -0.05) is 19.1 Å². The molecule has 3 aromatic rings. The van der Waals surface area contributed by atoms with E-state index in [0.29, 0.717) is 23.2 Å². The Morgan fingerprint density at radius 1 is 1.08 bits per heavy atom. The fraction of sp³-hybridized carbons (Fsp3) is 0.231. The highest BCUT2D eigenvalue weighted by molar-refractivity contribution is 6.06. The van der Waals surface area contributed by atoms with Crippen molar-refractivity contribution in [1.29, 1.82) is 0 Å². The van der Waals surface area contributed by atoms with Crippen molar-refractivity contribution in [2.75, 3.05) is 12.4 Å². The minimum absolute atomic E-state index is 0.0272. The quantitative estimate of drug-likeness (QED) is 0.422. The van der Waals surface area contributed by atoms with Gasteiger partial charge in [-0.3, -0.25) is 9.78 Å². The summed E-state index contributed by atoms with van der Waals surface area (Å²) in [6.07, 6.45) is -3.00. The SMILES string of the molecule is CCC1OC(=O)N(Cc2ccc(NC(=O)c3ccncc3)cc2)N=C1c1ccc(OC)c(OC(F)(F)F)c1. The molecule has 0 aliphatic carbocycles. The lowest BCUT2D eigenvalue weighted by molar-refractivity contribution is -0.275. The van der Waals surface area contributed by atoms with Crippen LogP contribution < -0.4 is 14.8 Å². The van der Waals surface area contributed by atoms with Crippen molar-refractivity contribution in [2.45, 2.75) is 32.4 Å². The average molecular weight is 528 g/mol. The van der Waals surface area contributed by atoms with Gasteiger partial charge in [0.25, 0.3) is 5.91 Å². The summed E-state index contributed by atoms with van der Waals surface area (Å²) in [5.41, 5.74) is 2.22. The number of methoxy groups -OCH3 is 1. The largest absolute Gasteiger partial charge is 0.573 e. The molecule has 0 spiro atoms. The zero-order valence-electron chi connectivity index (χ0n) is 20.4. The predicted octanol–water partition coefficient (Wildman–Crippen LogP) is 5.38. The summed E-state index contributed by atoms with van der Waals surface area (Å²) in [6.45, 7) is 1.79. The second-order valence-electron chi connectivity index (χ2n) is 8.12. The second kappa shape index (κ2) is 11.2. The molecule has 1 aromatic heterocycles. The number of hydrogen-bond acceptors (Lipinski definition) is 7. The van der Waals surface area contributed by atoms with E-state index >= 15 is 0 Å². The minimum atomic E-state index is -4.92. The molecular weight excluding hydrogens is 505 g/mol. The number of carbonyl (C=O) groups is 2. The highest BCUT2D eigenvalue weighted by Gasteiger charge is 2.34. The molecule has 2 amide bonds. The van der Waals surface area contributed by atoms with Crippen molar-refractivity contribution < 1.29 is 37.0 Å². The number of halogens is 3. The number of carbonyl (C=O) groups excluding carboxylic acids is 2. The van der Waals surface area contributed by atoms with Crippen molar-refractivity contribution in [1.82, 2.24) is 9.99 Å². The molecule has 12 heteroatoms. The van der Waals surface area contributed by atoms with Gasteiger partial charge in [0.15, 0.2) is 11.5 Å². The molecule has 0 saturated heterocycles. The van der Waals surface area contributed by atoms with Crippen LogP contribution in [0.2, 0.25) is 0 Å². The number of rotatable bonds is 8. The standard InChI is InChI=1S/C26H23F3N4O5/c1-3-20-23(18-6-9-21(36-2)22(14-18)38-26(27,28)29)32-33(25(35)37-20)15-16-4-7-19(8-5-16)31-24(34)17-10-12-30-13-11-17/h4-14,20H,3,15H2,1-2H3,(H,31,34). The Balaban J connectivity index is 1.54. The monoisotopic (exact) mass is 528 g/mol. The highest BCUT2D eigenvalue weighted by atomic mass is 19.4. The van der Waals surface area contributed by atoms with Crippen LogP contribution in [0.1, 0.15) is 34.8 Å². The molecule has 0 bridgehead atoms. The van der Waals surface area contributed by atoms with E-state index in [-0.39, 0.29) is 29.5 Å². The van der Waals surface area contributed by atoms with Crippen LogP contribution in [-0.4, -0.2) is 47.3 Å². The minimum Gasteiger partial charge on any atom is -0.493 e. The van der Waals surface area contributed by atoms with Gasteiger partial charge in [0.1, 0.15) is 11.8 Å². The number of alkyl halides is 3. The van der Waals surface area contributed by atoms with Crippen LogP contribution in [0.25, 0.3) is 0 Å². The number of nitrogens with one attached hydrogen (secondary N) is 1. The number of pyridine rings is 1. The van der Waals surface area contributed by atoms with Crippen LogP contribution in [0.5, 0.6) is 11.5 Å². The number of cyclic esters (lactones) is 1. The fourth-order valence-electron chi connectivity index (χ4n) is 3.71. The molecule has 1 aliphatic heterocycles. The molecule has 0 radical (unpaired) electrons. The first-order valence-corrected chi connectivity index (χ1v) is 11.5. The number of ether oxygens (including phenoxy) is 3. The summed E-state index contributed by atoms with van der Waals surface area (Å²) >= 11 is 0. The number of amides is 2. The summed E-state index contributed by atoms with van der Waals surface area (Å²) in [5, 5.41) is 8.26. The average Bonchev–Trinajstić information content (AvgIpc) is 2.90. The Labute approximate surface area is 215 Å². The van der Waals surface area contributed by atoms with E-state index in [4.69, 9.17) is 9.47 Å². The van der Waals surface area contributed by atoms with Gasteiger partial charge in [-0.2, -0.15) is 10.1 Å². The van der Waals surface area contributed by atoms with Crippen LogP contribution in [0.15, 0.2) is 72.1 Å². The Kier molecular flexibility index (Phi) is 7.79.